The standard InChI is InChI=1S/C20H23FN2O4/c1-14-11-16(12-19(24)22(14)2)27-15-7-9-23(10-8-15)20(25)13-26-18-6-4-3-5-17(18)21/h3-6,11-12,15H,7-10,13H2,1-2H3. The monoisotopic (exact) mass is 374 g/mol. The van der Waals surface area contributed by atoms with Gasteiger partial charge in [0.1, 0.15) is 11.9 Å². The van der Waals surface area contributed by atoms with E-state index in [-0.39, 0.29) is 29.9 Å². The highest BCUT2D eigenvalue weighted by Crippen LogP contribution is 2.20. The molecule has 1 aliphatic rings. The molecule has 1 fully saturated rings. The number of hydrogen-bond donors (Lipinski definition) is 0. The number of piperidine rings is 1. The van der Waals surface area contributed by atoms with Gasteiger partial charge in [-0.05, 0) is 25.1 Å². The van der Waals surface area contributed by atoms with Gasteiger partial charge in [-0.1, -0.05) is 12.1 Å². The van der Waals surface area contributed by atoms with E-state index >= 15 is 0 Å². The van der Waals surface area contributed by atoms with Gasteiger partial charge in [0.25, 0.3) is 11.5 Å². The first kappa shape index (κ1) is 18.9. The Morgan fingerprint density at radius 1 is 1.22 bits per heavy atom. The fourth-order valence-electron chi connectivity index (χ4n) is 3.01. The smallest absolute Gasteiger partial charge is 0.260 e. The maximum absolute atomic E-state index is 13.5. The number of ether oxygens (including phenoxy) is 2. The average molecular weight is 374 g/mol. The Balaban J connectivity index is 1.49. The number of benzene rings is 1. The summed E-state index contributed by atoms with van der Waals surface area (Å²) in [5.41, 5.74) is 0.721. The number of para-hydroxylation sites is 1. The summed E-state index contributed by atoms with van der Waals surface area (Å²) in [6, 6.07) is 9.33. The number of carbonyl (C=O) groups excluding carboxylic acids is 1. The number of hydrogen-bond acceptors (Lipinski definition) is 4. The van der Waals surface area contributed by atoms with Crippen LogP contribution in [0.5, 0.6) is 11.5 Å². The third-order valence-corrected chi connectivity index (χ3v) is 4.76. The molecular weight excluding hydrogens is 351 g/mol. The third-order valence-electron chi connectivity index (χ3n) is 4.76. The number of rotatable bonds is 5. The first-order valence-corrected chi connectivity index (χ1v) is 8.93. The van der Waals surface area contributed by atoms with Crippen molar-refractivity contribution < 1.29 is 18.7 Å². The zero-order valence-corrected chi connectivity index (χ0v) is 15.5. The molecule has 3 rings (SSSR count). The van der Waals surface area contributed by atoms with Crippen LogP contribution < -0.4 is 15.0 Å². The molecule has 0 unspecified atom stereocenters. The topological polar surface area (TPSA) is 60.8 Å². The number of carbonyl (C=O) groups is 1. The second-order valence-electron chi connectivity index (χ2n) is 6.65. The van der Waals surface area contributed by atoms with Gasteiger partial charge >= 0.3 is 0 Å². The van der Waals surface area contributed by atoms with Gasteiger partial charge in [0.15, 0.2) is 18.2 Å². The fraction of sp³-hybridized carbons (Fsp3) is 0.400. The molecule has 0 saturated carbocycles. The summed E-state index contributed by atoms with van der Waals surface area (Å²) in [7, 11) is 1.72. The summed E-state index contributed by atoms with van der Waals surface area (Å²) >= 11 is 0. The summed E-state index contributed by atoms with van der Waals surface area (Å²) in [5.74, 6) is -0.0313. The van der Waals surface area contributed by atoms with E-state index in [1.165, 1.54) is 18.2 Å². The van der Waals surface area contributed by atoms with E-state index in [0.29, 0.717) is 31.7 Å². The SMILES string of the molecule is Cc1cc(OC2CCN(C(=O)COc3ccccc3F)CC2)cc(=O)n1C. The summed E-state index contributed by atoms with van der Waals surface area (Å²) in [5, 5.41) is 0. The van der Waals surface area contributed by atoms with Gasteiger partial charge in [0.2, 0.25) is 0 Å². The molecule has 0 spiro atoms. The summed E-state index contributed by atoms with van der Waals surface area (Å²) in [6.07, 6.45) is 1.28. The fourth-order valence-corrected chi connectivity index (χ4v) is 3.01. The van der Waals surface area contributed by atoms with Crippen molar-refractivity contribution in [1.82, 2.24) is 9.47 Å². The highest BCUT2D eigenvalue weighted by molar-refractivity contribution is 5.77. The van der Waals surface area contributed by atoms with Crippen molar-refractivity contribution in [3.8, 4) is 11.5 Å². The average Bonchev–Trinajstić information content (AvgIpc) is 2.66. The van der Waals surface area contributed by atoms with Gasteiger partial charge < -0.3 is 18.9 Å². The van der Waals surface area contributed by atoms with Gasteiger partial charge in [-0.25, -0.2) is 4.39 Å². The van der Waals surface area contributed by atoms with Crippen LogP contribution in [0.4, 0.5) is 4.39 Å². The van der Waals surface area contributed by atoms with Crippen LogP contribution in [0.1, 0.15) is 18.5 Å². The second kappa shape index (κ2) is 8.24. The van der Waals surface area contributed by atoms with Crippen LogP contribution in [-0.2, 0) is 11.8 Å². The maximum Gasteiger partial charge on any atom is 0.260 e. The number of amides is 1. The molecule has 144 valence electrons. The number of halogens is 1. The molecule has 0 bridgehead atoms. The zero-order chi connectivity index (χ0) is 19.4. The van der Waals surface area contributed by atoms with Crippen LogP contribution in [0, 0.1) is 12.7 Å². The molecule has 2 aromatic rings. The minimum absolute atomic E-state index is 0.0481. The normalized spacial score (nSPS) is 14.9. The Morgan fingerprint density at radius 2 is 1.93 bits per heavy atom. The van der Waals surface area contributed by atoms with Crippen molar-refractivity contribution >= 4 is 5.91 Å². The van der Waals surface area contributed by atoms with Crippen molar-refractivity contribution in [3.63, 3.8) is 0 Å². The second-order valence-corrected chi connectivity index (χ2v) is 6.65. The Bertz CT molecular complexity index is 873. The van der Waals surface area contributed by atoms with Gasteiger partial charge in [0, 0.05) is 44.7 Å². The summed E-state index contributed by atoms with van der Waals surface area (Å²) < 4.78 is 26.3. The lowest BCUT2D eigenvalue weighted by molar-refractivity contribution is -0.135. The highest BCUT2D eigenvalue weighted by Gasteiger charge is 2.24. The van der Waals surface area contributed by atoms with Crippen LogP contribution in [0.25, 0.3) is 0 Å². The molecule has 0 aliphatic carbocycles. The molecule has 6 nitrogen and oxygen atoms in total. The van der Waals surface area contributed by atoms with Crippen molar-refractivity contribution in [2.24, 2.45) is 7.05 Å². The van der Waals surface area contributed by atoms with E-state index in [4.69, 9.17) is 9.47 Å². The van der Waals surface area contributed by atoms with Crippen LogP contribution >= 0.6 is 0 Å². The lowest BCUT2D eigenvalue weighted by Crippen LogP contribution is -2.43. The number of aromatic nitrogens is 1. The van der Waals surface area contributed by atoms with Crippen LogP contribution in [0.15, 0.2) is 41.2 Å². The summed E-state index contributed by atoms with van der Waals surface area (Å²) in [6.45, 7) is 2.73. The van der Waals surface area contributed by atoms with Gasteiger partial charge in [-0.3, -0.25) is 9.59 Å². The molecule has 1 aromatic carbocycles. The Morgan fingerprint density at radius 3 is 2.59 bits per heavy atom. The zero-order valence-electron chi connectivity index (χ0n) is 15.5. The predicted octanol–water partition coefficient (Wildman–Crippen LogP) is 2.28. The molecule has 1 aliphatic heterocycles. The Hall–Kier alpha value is -2.83. The molecule has 1 saturated heterocycles. The van der Waals surface area contributed by atoms with E-state index < -0.39 is 5.82 Å². The minimum Gasteiger partial charge on any atom is -0.490 e. The van der Waals surface area contributed by atoms with Crippen LogP contribution in [0.3, 0.4) is 0 Å². The number of pyridine rings is 1. The number of likely N-dealkylation sites (tertiary alicyclic amines) is 1. The van der Waals surface area contributed by atoms with E-state index in [1.807, 2.05) is 13.0 Å². The minimum atomic E-state index is -0.485. The lowest BCUT2D eigenvalue weighted by atomic mass is 10.1. The molecule has 1 amide bonds. The first-order valence-electron chi connectivity index (χ1n) is 8.93. The van der Waals surface area contributed by atoms with Crippen molar-refractivity contribution in [2.45, 2.75) is 25.9 Å². The molecular formula is C20H23FN2O4. The maximum atomic E-state index is 13.5. The number of nitrogens with zero attached hydrogens (tertiary/aromatic N) is 2. The van der Waals surface area contributed by atoms with Crippen LogP contribution in [0.2, 0.25) is 0 Å². The first-order chi connectivity index (χ1) is 12.9. The molecule has 0 N–H and O–H groups in total. The van der Waals surface area contributed by atoms with Gasteiger partial charge in [-0.2, -0.15) is 0 Å². The molecule has 1 aromatic heterocycles. The Kier molecular flexibility index (Phi) is 5.78. The van der Waals surface area contributed by atoms with E-state index in [0.717, 1.165) is 5.69 Å². The molecule has 2 heterocycles. The quantitative estimate of drug-likeness (QED) is 0.806. The predicted molar refractivity (Wildman–Crippen MR) is 98.5 cm³/mol. The van der Waals surface area contributed by atoms with Crippen molar-refractivity contribution in [3.05, 3.63) is 58.3 Å². The van der Waals surface area contributed by atoms with Crippen molar-refractivity contribution in [2.75, 3.05) is 19.7 Å². The van der Waals surface area contributed by atoms with Crippen molar-refractivity contribution in [1.29, 1.82) is 0 Å². The lowest BCUT2D eigenvalue weighted by Gasteiger charge is -2.32. The van der Waals surface area contributed by atoms with Gasteiger partial charge in [0.05, 0.1) is 0 Å². The van der Waals surface area contributed by atoms with E-state index in [1.54, 1.807) is 28.6 Å². The molecule has 7 heteroatoms. The molecule has 0 atom stereocenters. The van der Waals surface area contributed by atoms with E-state index in [9.17, 15) is 14.0 Å². The molecule has 27 heavy (non-hydrogen) atoms. The summed E-state index contributed by atoms with van der Waals surface area (Å²) in [4.78, 5) is 25.8. The van der Waals surface area contributed by atoms with E-state index in [2.05, 4.69) is 0 Å². The highest BCUT2D eigenvalue weighted by atomic mass is 19.1. The number of aryl methyl sites for hydroxylation is 1. The Labute approximate surface area is 157 Å². The molecule has 0 radical (unpaired) electrons. The third kappa shape index (κ3) is 4.67. The van der Waals surface area contributed by atoms with Crippen LogP contribution in [-0.4, -0.2) is 41.2 Å². The van der Waals surface area contributed by atoms with Gasteiger partial charge in [-0.15, -0.1) is 0 Å². The largest absolute Gasteiger partial charge is 0.490 e.